The maximum Gasteiger partial charge on any atom is 0.233 e. The van der Waals surface area contributed by atoms with E-state index >= 15 is 0 Å². The van der Waals surface area contributed by atoms with E-state index in [9.17, 15) is 9.18 Å². The number of hydrogen-bond donors (Lipinski definition) is 1. The molecule has 0 aliphatic carbocycles. The Kier molecular flexibility index (Phi) is 5.68. The molecule has 0 fully saturated rings. The first kappa shape index (κ1) is 18.1. The fourth-order valence-corrected chi connectivity index (χ4v) is 3.08. The van der Waals surface area contributed by atoms with Crippen molar-refractivity contribution in [2.75, 3.05) is 12.8 Å². The first-order valence-electron chi connectivity index (χ1n) is 8.12. The van der Waals surface area contributed by atoms with Crippen LogP contribution in [0.15, 0.2) is 53.7 Å². The number of hydrogen-bond acceptors (Lipinski definition) is 4. The number of thioether (sulfide) groups is 1. The Bertz CT molecular complexity index is 877. The number of benzene rings is 2. The summed E-state index contributed by atoms with van der Waals surface area (Å²) in [5.74, 6) is 0.594. The fourth-order valence-electron chi connectivity index (χ4n) is 2.34. The summed E-state index contributed by atoms with van der Waals surface area (Å²) in [5.41, 5.74) is 3.01. The number of carbonyl (C=O) groups is 1. The van der Waals surface area contributed by atoms with Gasteiger partial charge in [-0.3, -0.25) is 9.89 Å². The van der Waals surface area contributed by atoms with Gasteiger partial charge in [0.1, 0.15) is 5.82 Å². The van der Waals surface area contributed by atoms with Crippen LogP contribution in [-0.2, 0) is 11.3 Å². The van der Waals surface area contributed by atoms with Gasteiger partial charge in [-0.05, 0) is 24.6 Å². The lowest BCUT2D eigenvalue weighted by Crippen LogP contribution is -2.27. The summed E-state index contributed by atoms with van der Waals surface area (Å²) in [7, 11) is 1.72. The molecule has 0 unspecified atom stereocenters. The van der Waals surface area contributed by atoms with Crippen LogP contribution in [0.4, 0.5) is 4.39 Å². The second-order valence-electron chi connectivity index (χ2n) is 6.00. The van der Waals surface area contributed by atoms with Crippen LogP contribution in [0.2, 0.25) is 0 Å². The first-order valence-corrected chi connectivity index (χ1v) is 9.10. The third kappa shape index (κ3) is 4.70. The van der Waals surface area contributed by atoms with Gasteiger partial charge in [0.2, 0.25) is 11.1 Å². The number of H-pyrrole nitrogens is 1. The number of nitrogens with zero attached hydrogens (tertiary/aromatic N) is 3. The number of aromatic nitrogens is 3. The molecule has 7 heteroatoms. The molecule has 0 radical (unpaired) electrons. The van der Waals surface area contributed by atoms with Gasteiger partial charge in [0.05, 0.1) is 5.75 Å². The van der Waals surface area contributed by atoms with E-state index < -0.39 is 0 Å². The number of halogens is 1. The molecule has 1 aromatic heterocycles. The molecule has 3 aromatic rings. The van der Waals surface area contributed by atoms with Gasteiger partial charge < -0.3 is 4.90 Å². The Balaban J connectivity index is 1.54. The van der Waals surface area contributed by atoms with Gasteiger partial charge in [-0.15, -0.1) is 5.10 Å². The monoisotopic (exact) mass is 370 g/mol. The van der Waals surface area contributed by atoms with Gasteiger partial charge in [-0.2, -0.15) is 0 Å². The van der Waals surface area contributed by atoms with E-state index in [1.54, 1.807) is 24.1 Å². The highest BCUT2D eigenvalue weighted by atomic mass is 32.2. The van der Waals surface area contributed by atoms with Crippen molar-refractivity contribution in [3.05, 3.63) is 65.5 Å². The van der Waals surface area contributed by atoms with Gasteiger partial charge in [-0.25, -0.2) is 9.37 Å². The van der Waals surface area contributed by atoms with Crippen LogP contribution in [-0.4, -0.2) is 38.8 Å². The van der Waals surface area contributed by atoms with Gasteiger partial charge in [0.15, 0.2) is 5.82 Å². The maximum absolute atomic E-state index is 12.9. The van der Waals surface area contributed by atoms with Gasteiger partial charge in [0, 0.05) is 19.2 Å². The SMILES string of the molecule is Cc1ccc(-c2nc(SCC(=O)N(C)Cc3ccc(F)cc3)n[nH]2)cc1. The predicted octanol–water partition coefficient (Wildman–Crippen LogP) is 3.67. The summed E-state index contributed by atoms with van der Waals surface area (Å²) >= 11 is 1.28. The molecule has 0 atom stereocenters. The number of rotatable bonds is 6. The van der Waals surface area contributed by atoms with E-state index in [1.807, 2.05) is 31.2 Å². The lowest BCUT2D eigenvalue weighted by Gasteiger charge is -2.16. The van der Waals surface area contributed by atoms with Crippen molar-refractivity contribution in [2.24, 2.45) is 0 Å². The predicted molar refractivity (Wildman–Crippen MR) is 100 cm³/mol. The van der Waals surface area contributed by atoms with Crippen LogP contribution in [0.1, 0.15) is 11.1 Å². The summed E-state index contributed by atoms with van der Waals surface area (Å²) in [4.78, 5) is 18.3. The number of amides is 1. The van der Waals surface area contributed by atoms with Crippen LogP contribution < -0.4 is 0 Å². The average molecular weight is 370 g/mol. The molecule has 0 bridgehead atoms. The summed E-state index contributed by atoms with van der Waals surface area (Å²) in [6.07, 6.45) is 0. The Morgan fingerprint density at radius 3 is 2.54 bits per heavy atom. The largest absolute Gasteiger partial charge is 0.341 e. The molecule has 3 rings (SSSR count). The van der Waals surface area contributed by atoms with E-state index in [0.29, 0.717) is 17.5 Å². The van der Waals surface area contributed by atoms with Crippen molar-refractivity contribution in [2.45, 2.75) is 18.6 Å². The second kappa shape index (κ2) is 8.14. The number of aromatic amines is 1. The van der Waals surface area contributed by atoms with Crippen molar-refractivity contribution in [3.8, 4) is 11.4 Å². The van der Waals surface area contributed by atoms with Gasteiger partial charge in [0.25, 0.3) is 0 Å². The maximum atomic E-state index is 12.9. The zero-order valence-electron chi connectivity index (χ0n) is 14.6. The Morgan fingerprint density at radius 2 is 1.85 bits per heavy atom. The molecule has 26 heavy (non-hydrogen) atoms. The van der Waals surface area contributed by atoms with Crippen LogP contribution in [0.25, 0.3) is 11.4 Å². The Morgan fingerprint density at radius 1 is 1.15 bits per heavy atom. The Hall–Kier alpha value is -2.67. The number of aryl methyl sites for hydroxylation is 1. The quantitative estimate of drug-likeness (QED) is 0.673. The molecule has 0 aliphatic heterocycles. The first-order chi connectivity index (χ1) is 12.5. The lowest BCUT2D eigenvalue weighted by atomic mass is 10.1. The lowest BCUT2D eigenvalue weighted by molar-refractivity contribution is -0.127. The molecule has 0 aliphatic rings. The third-order valence-corrected chi connectivity index (χ3v) is 4.71. The third-order valence-electron chi connectivity index (χ3n) is 3.87. The van der Waals surface area contributed by atoms with Crippen molar-refractivity contribution in [1.29, 1.82) is 0 Å². The Labute approximate surface area is 155 Å². The summed E-state index contributed by atoms with van der Waals surface area (Å²) < 4.78 is 12.9. The molecule has 2 aromatic carbocycles. The zero-order valence-corrected chi connectivity index (χ0v) is 15.4. The van der Waals surface area contributed by atoms with Crippen LogP contribution >= 0.6 is 11.8 Å². The fraction of sp³-hybridized carbons (Fsp3) is 0.211. The topological polar surface area (TPSA) is 61.9 Å². The van der Waals surface area contributed by atoms with Crippen molar-refractivity contribution < 1.29 is 9.18 Å². The molecular weight excluding hydrogens is 351 g/mol. The summed E-state index contributed by atoms with van der Waals surface area (Å²) in [5, 5.41) is 7.58. The van der Waals surface area contributed by atoms with Crippen molar-refractivity contribution in [3.63, 3.8) is 0 Å². The van der Waals surface area contributed by atoms with E-state index in [0.717, 1.165) is 11.1 Å². The molecule has 1 N–H and O–H groups in total. The van der Waals surface area contributed by atoms with Crippen LogP contribution in [0.5, 0.6) is 0 Å². The molecular formula is C19H19FN4OS. The van der Waals surface area contributed by atoms with Gasteiger partial charge in [-0.1, -0.05) is 53.7 Å². The number of carbonyl (C=O) groups excluding carboxylic acids is 1. The average Bonchev–Trinajstić information content (AvgIpc) is 3.11. The zero-order chi connectivity index (χ0) is 18.5. The van der Waals surface area contributed by atoms with Crippen molar-refractivity contribution >= 4 is 17.7 Å². The molecule has 1 amide bonds. The van der Waals surface area contributed by atoms with E-state index in [4.69, 9.17) is 0 Å². The normalized spacial score (nSPS) is 10.7. The van der Waals surface area contributed by atoms with Crippen LogP contribution in [0.3, 0.4) is 0 Å². The van der Waals surface area contributed by atoms with E-state index in [2.05, 4.69) is 15.2 Å². The highest BCUT2D eigenvalue weighted by Gasteiger charge is 2.13. The highest BCUT2D eigenvalue weighted by Crippen LogP contribution is 2.20. The summed E-state index contributed by atoms with van der Waals surface area (Å²) in [6.45, 7) is 2.46. The standard InChI is InChI=1S/C19H19FN4OS/c1-13-3-7-15(8-4-13)18-21-19(23-22-18)26-12-17(25)24(2)11-14-5-9-16(20)10-6-14/h3-10H,11-12H2,1-2H3,(H,21,22,23). The smallest absolute Gasteiger partial charge is 0.233 e. The minimum atomic E-state index is -0.285. The molecule has 0 saturated heterocycles. The molecule has 0 spiro atoms. The van der Waals surface area contributed by atoms with E-state index in [1.165, 1.54) is 29.5 Å². The minimum absolute atomic E-state index is 0.0407. The molecule has 5 nitrogen and oxygen atoms in total. The molecule has 1 heterocycles. The molecule has 0 saturated carbocycles. The van der Waals surface area contributed by atoms with Crippen LogP contribution in [0, 0.1) is 12.7 Å². The second-order valence-corrected chi connectivity index (χ2v) is 6.94. The van der Waals surface area contributed by atoms with Crippen molar-refractivity contribution in [1.82, 2.24) is 20.1 Å². The highest BCUT2D eigenvalue weighted by molar-refractivity contribution is 7.99. The number of nitrogens with one attached hydrogen (secondary N) is 1. The van der Waals surface area contributed by atoms with E-state index in [-0.39, 0.29) is 17.5 Å². The summed E-state index contributed by atoms with van der Waals surface area (Å²) in [6, 6.07) is 14.1. The molecule has 134 valence electrons. The minimum Gasteiger partial charge on any atom is -0.341 e. The van der Waals surface area contributed by atoms with Gasteiger partial charge >= 0.3 is 0 Å².